The van der Waals surface area contributed by atoms with Crippen LogP contribution >= 0.6 is 24.0 Å². The third-order valence-electron chi connectivity index (χ3n) is 4.12. The summed E-state index contributed by atoms with van der Waals surface area (Å²) in [4.78, 5) is 7.07. The van der Waals surface area contributed by atoms with Gasteiger partial charge in [0.25, 0.3) is 0 Å². The predicted molar refractivity (Wildman–Crippen MR) is 116 cm³/mol. The van der Waals surface area contributed by atoms with Crippen LogP contribution in [0.5, 0.6) is 0 Å². The van der Waals surface area contributed by atoms with Crippen LogP contribution in [0.15, 0.2) is 4.99 Å². The highest BCUT2D eigenvalue weighted by Gasteiger charge is 2.19. The van der Waals surface area contributed by atoms with Crippen molar-refractivity contribution in [3.05, 3.63) is 0 Å². The Morgan fingerprint density at radius 1 is 1.20 bits per heavy atom. The van der Waals surface area contributed by atoms with Gasteiger partial charge in [0.05, 0.1) is 5.75 Å². The molecule has 1 aliphatic heterocycles. The van der Waals surface area contributed by atoms with E-state index in [0.717, 1.165) is 38.4 Å². The van der Waals surface area contributed by atoms with E-state index < -0.39 is 10.0 Å². The Balaban J connectivity index is 0.00000576. The highest BCUT2D eigenvalue weighted by atomic mass is 127. The van der Waals surface area contributed by atoms with Crippen LogP contribution in [0, 0.1) is 0 Å². The topological polar surface area (TPSA) is 85.8 Å². The molecule has 0 unspecified atom stereocenters. The van der Waals surface area contributed by atoms with Crippen molar-refractivity contribution in [2.24, 2.45) is 4.99 Å². The second-order valence-corrected chi connectivity index (χ2v) is 8.27. The van der Waals surface area contributed by atoms with E-state index in [1.807, 2.05) is 0 Å². The molecule has 0 amide bonds. The number of guanidine groups is 1. The smallest absolute Gasteiger partial charge is 0.211 e. The zero-order valence-corrected chi connectivity index (χ0v) is 19.0. The molecule has 0 spiro atoms. The summed E-state index contributed by atoms with van der Waals surface area (Å²) in [6.07, 6.45) is 4.19. The Morgan fingerprint density at radius 2 is 1.88 bits per heavy atom. The van der Waals surface area contributed by atoms with Crippen molar-refractivity contribution < 1.29 is 8.42 Å². The van der Waals surface area contributed by atoms with E-state index in [9.17, 15) is 8.42 Å². The van der Waals surface area contributed by atoms with Crippen LogP contribution in [0.2, 0.25) is 0 Å². The minimum Gasteiger partial charge on any atom is -0.357 e. The van der Waals surface area contributed by atoms with E-state index in [1.54, 1.807) is 6.92 Å². The van der Waals surface area contributed by atoms with Gasteiger partial charge in [-0.05, 0) is 46.1 Å². The molecule has 1 saturated heterocycles. The van der Waals surface area contributed by atoms with Gasteiger partial charge in [-0.25, -0.2) is 13.1 Å². The molecule has 1 rings (SSSR count). The number of hydrogen-bond acceptors (Lipinski definition) is 4. The maximum atomic E-state index is 11.4. The van der Waals surface area contributed by atoms with Crippen molar-refractivity contribution in [3.63, 3.8) is 0 Å². The maximum absolute atomic E-state index is 11.4. The summed E-state index contributed by atoms with van der Waals surface area (Å²) in [5, 5.41) is 6.78. The minimum absolute atomic E-state index is 0. The average molecular weight is 489 g/mol. The van der Waals surface area contributed by atoms with Gasteiger partial charge in [-0.15, -0.1) is 24.0 Å². The van der Waals surface area contributed by atoms with Crippen LogP contribution in [0.1, 0.15) is 46.5 Å². The van der Waals surface area contributed by atoms with Crippen molar-refractivity contribution >= 4 is 40.0 Å². The number of nitrogens with zero attached hydrogens (tertiary/aromatic N) is 2. The molecule has 0 atom stereocenters. The monoisotopic (exact) mass is 489 g/mol. The van der Waals surface area contributed by atoms with Gasteiger partial charge in [-0.3, -0.25) is 4.99 Å². The quantitative estimate of drug-likeness (QED) is 0.187. The highest BCUT2D eigenvalue weighted by Crippen LogP contribution is 2.10. The molecule has 0 aromatic heterocycles. The molecule has 1 heterocycles. The van der Waals surface area contributed by atoms with Gasteiger partial charge in [0.1, 0.15) is 0 Å². The first kappa shape index (κ1) is 24.9. The molecule has 25 heavy (non-hydrogen) atoms. The lowest BCUT2D eigenvalue weighted by Gasteiger charge is -2.32. The van der Waals surface area contributed by atoms with Crippen LogP contribution < -0.4 is 15.4 Å². The molecule has 1 aliphatic rings. The van der Waals surface area contributed by atoms with Crippen molar-refractivity contribution in [1.29, 1.82) is 0 Å². The van der Waals surface area contributed by atoms with E-state index in [4.69, 9.17) is 0 Å². The summed E-state index contributed by atoms with van der Waals surface area (Å²) >= 11 is 0. The van der Waals surface area contributed by atoms with Gasteiger partial charge < -0.3 is 15.5 Å². The van der Waals surface area contributed by atoms with Gasteiger partial charge in [0.2, 0.25) is 10.0 Å². The summed E-state index contributed by atoms with van der Waals surface area (Å²) in [5.74, 6) is 0.960. The fourth-order valence-corrected chi connectivity index (χ4v) is 3.39. The number of nitrogens with one attached hydrogen (secondary N) is 3. The molecular formula is C16H36IN5O2S. The number of likely N-dealkylation sites (tertiary alicyclic amines) is 1. The molecule has 9 heteroatoms. The Kier molecular flexibility index (Phi) is 13.9. The van der Waals surface area contributed by atoms with Gasteiger partial charge in [0, 0.05) is 38.8 Å². The van der Waals surface area contributed by atoms with E-state index in [0.29, 0.717) is 25.6 Å². The summed E-state index contributed by atoms with van der Waals surface area (Å²) in [6, 6.07) is 0.467. The molecule has 7 nitrogen and oxygen atoms in total. The Hall–Kier alpha value is -0.130. The van der Waals surface area contributed by atoms with Crippen molar-refractivity contribution in [3.8, 4) is 0 Å². The zero-order valence-electron chi connectivity index (χ0n) is 15.9. The molecule has 0 aromatic rings. The lowest BCUT2D eigenvalue weighted by atomic mass is 10.1. The largest absolute Gasteiger partial charge is 0.357 e. The predicted octanol–water partition coefficient (Wildman–Crippen LogP) is 1.36. The zero-order chi connectivity index (χ0) is 17.8. The van der Waals surface area contributed by atoms with Gasteiger partial charge in [0.15, 0.2) is 5.96 Å². The van der Waals surface area contributed by atoms with E-state index in [-0.39, 0.29) is 29.7 Å². The first-order valence-corrected chi connectivity index (χ1v) is 10.9. The summed E-state index contributed by atoms with van der Waals surface area (Å²) in [6.45, 7) is 11.3. The van der Waals surface area contributed by atoms with Gasteiger partial charge >= 0.3 is 0 Å². The first-order valence-electron chi connectivity index (χ1n) is 9.25. The van der Waals surface area contributed by atoms with Crippen molar-refractivity contribution in [2.45, 2.75) is 52.5 Å². The molecule has 0 bridgehead atoms. The van der Waals surface area contributed by atoms with Crippen LogP contribution in [0.25, 0.3) is 0 Å². The molecule has 0 saturated carbocycles. The van der Waals surface area contributed by atoms with E-state index >= 15 is 0 Å². The third kappa shape index (κ3) is 11.2. The average Bonchev–Trinajstić information content (AvgIpc) is 2.56. The summed E-state index contributed by atoms with van der Waals surface area (Å²) in [5.41, 5.74) is 0. The maximum Gasteiger partial charge on any atom is 0.211 e. The number of aliphatic imine (C=N–C) groups is 1. The third-order valence-corrected chi connectivity index (χ3v) is 5.52. The summed E-state index contributed by atoms with van der Waals surface area (Å²) in [7, 11) is -3.10. The lowest BCUT2D eigenvalue weighted by molar-refractivity contribution is 0.206. The molecule has 0 aliphatic carbocycles. The van der Waals surface area contributed by atoms with Gasteiger partial charge in [-0.1, -0.05) is 6.92 Å². The SMILES string of the molecule is CCCN1CCC(NC(=NCCCNS(=O)(=O)CC)NCC)CC1.I. The Labute approximate surface area is 170 Å². The number of hydrogen-bond donors (Lipinski definition) is 3. The van der Waals surface area contributed by atoms with Crippen LogP contribution in [0.3, 0.4) is 0 Å². The summed E-state index contributed by atoms with van der Waals surface area (Å²) < 4.78 is 25.3. The van der Waals surface area contributed by atoms with Crippen molar-refractivity contribution in [1.82, 2.24) is 20.3 Å². The molecule has 0 radical (unpaired) electrons. The van der Waals surface area contributed by atoms with Crippen LogP contribution in [0.4, 0.5) is 0 Å². The second kappa shape index (κ2) is 14.0. The number of rotatable bonds is 10. The fourth-order valence-electron chi connectivity index (χ4n) is 2.73. The van der Waals surface area contributed by atoms with Crippen LogP contribution in [-0.2, 0) is 10.0 Å². The van der Waals surface area contributed by atoms with Gasteiger partial charge in [-0.2, -0.15) is 0 Å². The second-order valence-electron chi connectivity index (χ2n) is 6.17. The van der Waals surface area contributed by atoms with E-state index in [1.165, 1.54) is 13.0 Å². The fraction of sp³-hybridized carbons (Fsp3) is 0.938. The number of piperidine rings is 1. The number of sulfonamides is 1. The molecule has 3 N–H and O–H groups in total. The molecule has 0 aromatic carbocycles. The molecule has 150 valence electrons. The highest BCUT2D eigenvalue weighted by molar-refractivity contribution is 14.0. The van der Waals surface area contributed by atoms with Crippen molar-refractivity contribution in [2.75, 3.05) is 45.0 Å². The standard InChI is InChI=1S/C16H35N5O2S.HI/c1-4-12-21-13-8-15(9-14-21)20-16(17-5-2)18-10-7-11-19-24(22,23)6-3;/h15,19H,4-14H2,1-3H3,(H2,17,18,20);1H. The molecular weight excluding hydrogens is 453 g/mol. The van der Waals surface area contributed by atoms with E-state index in [2.05, 4.69) is 39.1 Å². The van der Waals surface area contributed by atoms with Crippen LogP contribution in [-0.4, -0.2) is 70.3 Å². The Morgan fingerprint density at radius 3 is 2.44 bits per heavy atom. The lowest BCUT2D eigenvalue weighted by Crippen LogP contribution is -2.48. The molecule has 1 fully saturated rings. The Bertz CT molecular complexity index is 465. The first-order chi connectivity index (χ1) is 11.5. The number of halogens is 1. The normalized spacial score (nSPS) is 17.2. The minimum atomic E-state index is -3.10.